The summed E-state index contributed by atoms with van der Waals surface area (Å²) in [6.07, 6.45) is 5.54. The molecule has 0 aliphatic rings. The van der Waals surface area contributed by atoms with Crippen molar-refractivity contribution in [1.29, 1.82) is 0 Å². The lowest BCUT2D eigenvalue weighted by atomic mass is 10.6. The summed E-state index contributed by atoms with van der Waals surface area (Å²) >= 11 is 0. The van der Waals surface area contributed by atoms with E-state index in [2.05, 4.69) is 16.2 Å². The zero-order valence-electron chi connectivity index (χ0n) is 4.46. The lowest BCUT2D eigenvalue weighted by Crippen LogP contribution is -1.84. The quantitative estimate of drug-likeness (QED) is 0.519. The van der Waals surface area contributed by atoms with Crippen molar-refractivity contribution in [2.24, 2.45) is 0 Å². The Morgan fingerprint density at radius 3 is 3.00 bits per heavy atom. The molecule has 41 valence electrons. The lowest BCUT2D eigenvalue weighted by molar-refractivity contribution is 0.409. The summed E-state index contributed by atoms with van der Waals surface area (Å²) in [7, 11) is 1.55. The van der Waals surface area contributed by atoms with E-state index in [9.17, 15) is 0 Å². The number of ether oxygens (including phenoxy) is 1. The van der Waals surface area contributed by atoms with Gasteiger partial charge >= 0.3 is 0 Å². The molecule has 3 heteroatoms. The van der Waals surface area contributed by atoms with Gasteiger partial charge in [0.1, 0.15) is 12.5 Å². The van der Waals surface area contributed by atoms with E-state index in [-0.39, 0.29) is 0 Å². The third-order valence-electron chi connectivity index (χ3n) is 0.711. The highest BCUT2D eigenvalue weighted by Gasteiger charge is 1.84. The first-order valence-corrected chi connectivity index (χ1v) is 2.15. The molecule has 0 aliphatic carbocycles. The fraction of sp³-hybridized carbons (Fsp3) is 0.200. The first kappa shape index (κ1) is 5.03. The topological polar surface area (TPSA) is 35.0 Å². The van der Waals surface area contributed by atoms with Gasteiger partial charge in [-0.1, -0.05) is 0 Å². The Labute approximate surface area is 47.3 Å². The Balaban J connectivity index is 2.83. The number of methoxy groups -OCH3 is 1. The van der Waals surface area contributed by atoms with Crippen molar-refractivity contribution in [3.8, 4) is 5.75 Å². The second-order valence-corrected chi connectivity index (χ2v) is 1.20. The fourth-order valence-electron chi connectivity index (χ4n) is 0.354. The average Bonchev–Trinajstić information content (AvgIpc) is 1.90. The van der Waals surface area contributed by atoms with E-state index < -0.39 is 0 Å². The predicted octanol–water partition coefficient (Wildman–Crippen LogP) is 0.285. The van der Waals surface area contributed by atoms with Gasteiger partial charge in [-0.2, -0.15) is 0 Å². The summed E-state index contributed by atoms with van der Waals surface area (Å²) in [5.41, 5.74) is 0. The molecular weight excluding hydrogens is 104 g/mol. The van der Waals surface area contributed by atoms with Crippen LogP contribution in [0, 0.1) is 6.20 Å². The van der Waals surface area contributed by atoms with Crippen LogP contribution in [-0.4, -0.2) is 17.1 Å². The number of aromatic nitrogens is 2. The summed E-state index contributed by atoms with van der Waals surface area (Å²) in [6.45, 7) is 0. The van der Waals surface area contributed by atoms with Crippen molar-refractivity contribution >= 4 is 0 Å². The molecule has 1 aromatic heterocycles. The molecule has 0 aliphatic heterocycles. The van der Waals surface area contributed by atoms with Gasteiger partial charge in [0.2, 0.25) is 0 Å². The van der Waals surface area contributed by atoms with Crippen molar-refractivity contribution in [1.82, 2.24) is 9.97 Å². The van der Waals surface area contributed by atoms with E-state index in [0.29, 0.717) is 5.75 Å². The normalized spacial score (nSPS) is 8.62. The zero-order valence-corrected chi connectivity index (χ0v) is 4.46. The van der Waals surface area contributed by atoms with Gasteiger partial charge < -0.3 is 4.74 Å². The van der Waals surface area contributed by atoms with Gasteiger partial charge in [0.05, 0.1) is 13.3 Å². The minimum Gasteiger partial charge on any atom is -0.493 e. The average molecular weight is 109 g/mol. The minimum absolute atomic E-state index is 0.562. The number of hydrogen-bond acceptors (Lipinski definition) is 3. The summed E-state index contributed by atoms with van der Waals surface area (Å²) in [6, 6.07) is 0. The van der Waals surface area contributed by atoms with E-state index >= 15 is 0 Å². The predicted molar refractivity (Wildman–Crippen MR) is 27.4 cm³/mol. The molecule has 0 saturated heterocycles. The maximum absolute atomic E-state index is 4.73. The molecule has 3 nitrogen and oxygen atoms in total. The Bertz CT molecular complexity index is 152. The van der Waals surface area contributed by atoms with Crippen LogP contribution in [0.2, 0.25) is 0 Å². The molecule has 0 saturated carbocycles. The molecule has 0 fully saturated rings. The highest BCUT2D eigenvalue weighted by molar-refractivity contribution is 5.07. The van der Waals surface area contributed by atoms with Crippen molar-refractivity contribution in [2.75, 3.05) is 7.11 Å². The Hall–Kier alpha value is -1.12. The van der Waals surface area contributed by atoms with Crippen LogP contribution in [0.5, 0.6) is 5.75 Å². The van der Waals surface area contributed by atoms with Gasteiger partial charge in [-0.3, -0.25) is 0 Å². The van der Waals surface area contributed by atoms with Crippen LogP contribution in [0.15, 0.2) is 12.5 Å². The molecule has 1 aromatic rings. The third kappa shape index (κ3) is 0.932. The van der Waals surface area contributed by atoms with Crippen LogP contribution in [-0.2, 0) is 0 Å². The second kappa shape index (κ2) is 2.26. The van der Waals surface area contributed by atoms with Gasteiger partial charge in [-0.15, -0.1) is 0 Å². The molecule has 0 amide bonds. The first-order valence-electron chi connectivity index (χ1n) is 2.15. The Kier molecular flexibility index (Phi) is 1.42. The molecule has 0 unspecified atom stereocenters. The van der Waals surface area contributed by atoms with Gasteiger partial charge in [0.15, 0.2) is 5.75 Å². The van der Waals surface area contributed by atoms with E-state index in [0.717, 1.165) is 0 Å². The lowest BCUT2D eigenvalue weighted by Gasteiger charge is -1.91. The summed E-state index contributed by atoms with van der Waals surface area (Å²) < 4.78 is 4.73. The highest BCUT2D eigenvalue weighted by Crippen LogP contribution is 1.99. The fourth-order valence-corrected chi connectivity index (χ4v) is 0.354. The van der Waals surface area contributed by atoms with Gasteiger partial charge in [-0.25, -0.2) is 9.97 Å². The molecule has 0 aromatic carbocycles. The van der Waals surface area contributed by atoms with Crippen LogP contribution in [0.4, 0.5) is 0 Å². The highest BCUT2D eigenvalue weighted by atomic mass is 16.5. The zero-order chi connectivity index (χ0) is 5.82. The first-order chi connectivity index (χ1) is 3.93. The Morgan fingerprint density at radius 1 is 1.75 bits per heavy atom. The molecular formula is C5H5N2O. The van der Waals surface area contributed by atoms with Crippen molar-refractivity contribution in [2.45, 2.75) is 0 Å². The van der Waals surface area contributed by atoms with Gasteiger partial charge in [0, 0.05) is 0 Å². The third-order valence-corrected chi connectivity index (χ3v) is 0.711. The molecule has 0 atom stereocenters. The van der Waals surface area contributed by atoms with E-state index in [4.69, 9.17) is 4.74 Å². The molecule has 1 heterocycles. The van der Waals surface area contributed by atoms with Crippen molar-refractivity contribution in [3.63, 3.8) is 0 Å². The summed E-state index contributed by atoms with van der Waals surface area (Å²) in [5, 5.41) is 0. The number of rotatable bonds is 1. The molecule has 0 bridgehead atoms. The number of nitrogens with zero attached hydrogens (tertiary/aromatic N) is 2. The molecule has 0 N–H and O–H groups in total. The van der Waals surface area contributed by atoms with Crippen LogP contribution < -0.4 is 4.74 Å². The smallest absolute Gasteiger partial charge is 0.165 e. The standard InChI is InChI=1S/C5H5N2O/c1-8-5-2-6-4-7-3-5/h2,4H,1H3. The Morgan fingerprint density at radius 2 is 2.62 bits per heavy atom. The summed E-state index contributed by atoms with van der Waals surface area (Å²) in [4.78, 5) is 7.28. The van der Waals surface area contributed by atoms with E-state index in [1.165, 1.54) is 6.33 Å². The largest absolute Gasteiger partial charge is 0.493 e. The molecule has 1 rings (SSSR count). The van der Waals surface area contributed by atoms with Crippen molar-refractivity contribution in [3.05, 3.63) is 18.7 Å². The van der Waals surface area contributed by atoms with E-state index in [1.807, 2.05) is 0 Å². The molecule has 1 radical (unpaired) electrons. The van der Waals surface area contributed by atoms with Crippen molar-refractivity contribution < 1.29 is 4.74 Å². The van der Waals surface area contributed by atoms with Gasteiger partial charge in [-0.05, 0) is 0 Å². The summed E-state index contributed by atoms with van der Waals surface area (Å²) in [5.74, 6) is 0.562. The van der Waals surface area contributed by atoms with Crippen LogP contribution in [0.25, 0.3) is 0 Å². The van der Waals surface area contributed by atoms with E-state index in [1.54, 1.807) is 13.3 Å². The second-order valence-electron chi connectivity index (χ2n) is 1.20. The van der Waals surface area contributed by atoms with Crippen LogP contribution in [0.1, 0.15) is 0 Å². The molecule has 8 heavy (non-hydrogen) atoms. The maximum atomic E-state index is 4.73. The van der Waals surface area contributed by atoms with Gasteiger partial charge in [0.25, 0.3) is 0 Å². The SMILES string of the molecule is COc1[c]ncnc1. The van der Waals surface area contributed by atoms with Crippen LogP contribution in [0.3, 0.4) is 0 Å². The monoisotopic (exact) mass is 109 g/mol. The minimum atomic E-state index is 0.562. The number of hydrogen-bond donors (Lipinski definition) is 0. The van der Waals surface area contributed by atoms with Crippen LogP contribution >= 0.6 is 0 Å². The molecule has 0 spiro atoms. The maximum Gasteiger partial charge on any atom is 0.165 e.